The van der Waals surface area contributed by atoms with E-state index in [4.69, 9.17) is 0 Å². The zero-order chi connectivity index (χ0) is 13.9. The number of hydrogen-bond donors (Lipinski definition) is 2. The summed E-state index contributed by atoms with van der Waals surface area (Å²) >= 11 is 1.63. The van der Waals surface area contributed by atoms with Gasteiger partial charge in [0, 0.05) is 16.6 Å². The van der Waals surface area contributed by atoms with Gasteiger partial charge in [-0.1, -0.05) is 0 Å². The Bertz CT molecular complexity index is 555. The van der Waals surface area contributed by atoms with Gasteiger partial charge in [0.25, 0.3) is 0 Å². The number of sulfone groups is 1. The van der Waals surface area contributed by atoms with Crippen molar-refractivity contribution < 1.29 is 13.2 Å². The van der Waals surface area contributed by atoms with Crippen molar-refractivity contribution >= 4 is 33.3 Å². The van der Waals surface area contributed by atoms with Gasteiger partial charge in [0.2, 0.25) is 0 Å². The molecule has 5 nitrogen and oxygen atoms in total. The van der Waals surface area contributed by atoms with Crippen LogP contribution in [0.5, 0.6) is 0 Å². The van der Waals surface area contributed by atoms with Crippen molar-refractivity contribution in [3.8, 4) is 0 Å². The third kappa shape index (κ3) is 4.14. The van der Waals surface area contributed by atoms with Crippen molar-refractivity contribution in [1.82, 2.24) is 5.32 Å². The number of carbonyl (C=O) groups is 1. The van der Waals surface area contributed by atoms with Crippen molar-refractivity contribution in [3.63, 3.8) is 0 Å². The molecule has 1 aliphatic heterocycles. The monoisotopic (exact) mass is 300 g/mol. The normalized spacial score (nSPS) is 21.0. The van der Waals surface area contributed by atoms with Crippen LogP contribution in [0.4, 0.5) is 10.5 Å². The van der Waals surface area contributed by atoms with Gasteiger partial charge in [-0.05, 0) is 36.9 Å². The minimum Gasteiger partial charge on any atom is -0.334 e. The number of benzene rings is 1. The highest BCUT2D eigenvalue weighted by molar-refractivity contribution is 7.98. The molecule has 1 aromatic carbocycles. The lowest BCUT2D eigenvalue weighted by Gasteiger charge is -2.12. The molecule has 0 radical (unpaired) electrons. The van der Waals surface area contributed by atoms with Gasteiger partial charge >= 0.3 is 6.03 Å². The minimum atomic E-state index is -2.97. The second kappa shape index (κ2) is 5.83. The van der Waals surface area contributed by atoms with Crippen LogP contribution in [0.1, 0.15) is 6.42 Å². The third-order valence-corrected chi connectivity index (χ3v) is 5.43. The van der Waals surface area contributed by atoms with E-state index in [1.807, 2.05) is 30.5 Å². The van der Waals surface area contributed by atoms with Gasteiger partial charge in [-0.15, -0.1) is 11.8 Å². The Morgan fingerprint density at radius 1 is 1.32 bits per heavy atom. The van der Waals surface area contributed by atoms with Crippen LogP contribution in [0.3, 0.4) is 0 Å². The average Bonchev–Trinajstić information content (AvgIpc) is 2.69. The quantitative estimate of drug-likeness (QED) is 0.833. The molecule has 1 atom stereocenters. The molecule has 104 valence electrons. The van der Waals surface area contributed by atoms with Crippen LogP contribution >= 0.6 is 11.8 Å². The summed E-state index contributed by atoms with van der Waals surface area (Å²) in [6.07, 6.45) is 2.47. The SMILES string of the molecule is CSc1ccc(NC(=O)NC2CCS(=O)(=O)C2)cc1. The summed E-state index contributed by atoms with van der Waals surface area (Å²) in [4.78, 5) is 12.8. The molecule has 1 aromatic rings. The predicted molar refractivity (Wildman–Crippen MR) is 77.4 cm³/mol. The van der Waals surface area contributed by atoms with Gasteiger partial charge < -0.3 is 10.6 Å². The number of carbonyl (C=O) groups excluding carboxylic acids is 1. The fourth-order valence-corrected chi connectivity index (χ4v) is 4.02. The van der Waals surface area contributed by atoms with Crippen LogP contribution in [-0.4, -0.2) is 38.3 Å². The Morgan fingerprint density at radius 2 is 2.00 bits per heavy atom. The maximum Gasteiger partial charge on any atom is 0.319 e. The summed E-state index contributed by atoms with van der Waals surface area (Å²) in [6, 6.07) is 6.82. The lowest BCUT2D eigenvalue weighted by atomic mass is 10.3. The first kappa shape index (κ1) is 14.2. The Morgan fingerprint density at radius 3 is 2.53 bits per heavy atom. The number of amides is 2. The Kier molecular flexibility index (Phi) is 4.36. The van der Waals surface area contributed by atoms with Gasteiger partial charge in [-0.25, -0.2) is 13.2 Å². The highest BCUT2D eigenvalue weighted by Gasteiger charge is 2.28. The summed E-state index contributed by atoms with van der Waals surface area (Å²) in [6.45, 7) is 0. The van der Waals surface area contributed by atoms with E-state index in [-0.39, 0.29) is 23.6 Å². The molecule has 1 aliphatic rings. The Hall–Kier alpha value is -1.21. The van der Waals surface area contributed by atoms with Crippen LogP contribution in [0, 0.1) is 0 Å². The summed E-state index contributed by atoms with van der Waals surface area (Å²) in [5, 5.41) is 5.37. The lowest BCUT2D eigenvalue weighted by Crippen LogP contribution is -2.38. The molecule has 0 aliphatic carbocycles. The molecule has 0 aromatic heterocycles. The molecule has 1 saturated heterocycles. The maximum atomic E-state index is 11.7. The molecule has 0 saturated carbocycles. The van der Waals surface area contributed by atoms with E-state index >= 15 is 0 Å². The van der Waals surface area contributed by atoms with Crippen molar-refractivity contribution in [1.29, 1.82) is 0 Å². The summed E-state index contributed by atoms with van der Waals surface area (Å²) in [5.41, 5.74) is 0.691. The summed E-state index contributed by atoms with van der Waals surface area (Å²) in [5.74, 6) is 0.187. The molecular weight excluding hydrogens is 284 g/mol. The topological polar surface area (TPSA) is 75.3 Å². The lowest BCUT2D eigenvalue weighted by molar-refractivity contribution is 0.249. The van der Waals surface area contributed by atoms with Crippen LogP contribution < -0.4 is 10.6 Å². The fraction of sp³-hybridized carbons (Fsp3) is 0.417. The number of urea groups is 1. The summed E-state index contributed by atoms with van der Waals surface area (Å²) in [7, 11) is -2.97. The van der Waals surface area contributed by atoms with E-state index in [0.717, 1.165) is 4.90 Å². The van der Waals surface area contributed by atoms with E-state index < -0.39 is 9.84 Å². The zero-order valence-corrected chi connectivity index (χ0v) is 12.2. The molecular formula is C12H16N2O3S2. The zero-order valence-electron chi connectivity index (χ0n) is 10.5. The van der Waals surface area contributed by atoms with Gasteiger partial charge in [-0.2, -0.15) is 0 Å². The largest absolute Gasteiger partial charge is 0.334 e. The van der Waals surface area contributed by atoms with Crippen LogP contribution in [0.25, 0.3) is 0 Å². The van der Waals surface area contributed by atoms with E-state index in [1.165, 1.54) is 0 Å². The van der Waals surface area contributed by atoms with Crippen molar-refractivity contribution in [2.45, 2.75) is 17.4 Å². The van der Waals surface area contributed by atoms with Gasteiger partial charge in [0.05, 0.1) is 11.5 Å². The first-order chi connectivity index (χ1) is 8.98. The Balaban J connectivity index is 1.87. The van der Waals surface area contributed by atoms with Crippen molar-refractivity contribution in [2.24, 2.45) is 0 Å². The Labute approximate surface area is 117 Å². The second-order valence-electron chi connectivity index (χ2n) is 4.43. The smallest absolute Gasteiger partial charge is 0.319 e. The van der Waals surface area contributed by atoms with E-state index in [9.17, 15) is 13.2 Å². The molecule has 7 heteroatoms. The molecule has 1 unspecified atom stereocenters. The van der Waals surface area contributed by atoms with Gasteiger partial charge in [-0.3, -0.25) is 0 Å². The number of thioether (sulfide) groups is 1. The van der Waals surface area contributed by atoms with Gasteiger partial charge in [0.1, 0.15) is 0 Å². The van der Waals surface area contributed by atoms with E-state index in [1.54, 1.807) is 11.8 Å². The third-order valence-electron chi connectivity index (χ3n) is 2.92. The second-order valence-corrected chi connectivity index (χ2v) is 7.54. The first-order valence-electron chi connectivity index (χ1n) is 5.90. The number of nitrogens with one attached hydrogen (secondary N) is 2. The molecule has 2 amide bonds. The van der Waals surface area contributed by atoms with E-state index in [0.29, 0.717) is 12.1 Å². The van der Waals surface area contributed by atoms with Crippen molar-refractivity contribution in [3.05, 3.63) is 24.3 Å². The minimum absolute atomic E-state index is 0.0336. The molecule has 0 bridgehead atoms. The highest BCUT2D eigenvalue weighted by atomic mass is 32.2. The van der Waals surface area contributed by atoms with E-state index in [2.05, 4.69) is 10.6 Å². The van der Waals surface area contributed by atoms with Crippen LogP contribution in [0.2, 0.25) is 0 Å². The average molecular weight is 300 g/mol. The standard InChI is InChI=1S/C12H16N2O3S2/c1-18-11-4-2-9(3-5-11)13-12(15)14-10-6-7-19(16,17)8-10/h2-5,10H,6-8H2,1H3,(H2,13,14,15). The molecule has 1 fully saturated rings. The number of rotatable bonds is 3. The molecule has 2 rings (SSSR count). The van der Waals surface area contributed by atoms with Gasteiger partial charge in [0.15, 0.2) is 9.84 Å². The fourth-order valence-electron chi connectivity index (χ4n) is 1.94. The molecule has 1 heterocycles. The maximum absolute atomic E-state index is 11.7. The number of hydrogen-bond acceptors (Lipinski definition) is 4. The first-order valence-corrected chi connectivity index (χ1v) is 8.95. The van der Waals surface area contributed by atoms with Crippen molar-refractivity contribution in [2.75, 3.05) is 23.1 Å². The molecule has 19 heavy (non-hydrogen) atoms. The highest BCUT2D eigenvalue weighted by Crippen LogP contribution is 2.17. The predicted octanol–water partition coefficient (Wildman–Crippen LogP) is 1.72. The van der Waals surface area contributed by atoms with Crippen LogP contribution in [0.15, 0.2) is 29.2 Å². The number of anilines is 1. The summed E-state index contributed by atoms with van der Waals surface area (Å²) < 4.78 is 22.6. The molecule has 2 N–H and O–H groups in total. The van der Waals surface area contributed by atoms with Crippen LogP contribution in [-0.2, 0) is 9.84 Å². The molecule has 0 spiro atoms.